The molecule has 2 aromatic heterocycles. The quantitative estimate of drug-likeness (QED) is 0.510. The number of nitrogens with zero attached hydrogens (tertiary/aromatic N) is 3. The van der Waals surface area contributed by atoms with Crippen molar-refractivity contribution < 1.29 is 14.3 Å². The molecule has 0 spiro atoms. The van der Waals surface area contributed by atoms with Gasteiger partial charge in [0.1, 0.15) is 11.8 Å². The van der Waals surface area contributed by atoms with E-state index in [2.05, 4.69) is 20.6 Å². The Morgan fingerprint density at radius 3 is 2.75 bits per heavy atom. The lowest BCUT2D eigenvalue weighted by molar-refractivity contribution is 0.122. The summed E-state index contributed by atoms with van der Waals surface area (Å²) in [5.41, 5.74) is 1.78. The largest absolute Gasteiger partial charge is 0.481 e. The highest BCUT2D eigenvalue weighted by Gasteiger charge is 2.35. The van der Waals surface area contributed by atoms with Gasteiger partial charge in [0.2, 0.25) is 5.88 Å². The average Bonchev–Trinajstić information content (AvgIpc) is 3.59. The number of carbonyl (C=O) groups is 1. The minimum atomic E-state index is -0.481. The fraction of sp³-hybridized carbons (Fsp3) is 0.545. The second-order valence-electron chi connectivity index (χ2n) is 7.98. The molecular formula is C22H30ClN5O4. The maximum absolute atomic E-state index is 13.3. The molecule has 1 atom stereocenters. The Bertz CT molecular complexity index is 1020. The molecular weight excluding hydrogens is 434 g/mol. The van der Waals surface area contributed by atoms with Crippen LogP contribution in [0.1, 0.15) is 49.9 Å². The highest BCUT2D eigenvalue weighted by atomic mass is 35.5. The lowest BCUT2D eigenvalue weighted by atomic mass is 10.2. The van der Waals surface area contributed by atoms with E-state index in [1.807, 2.05) is 26.8 Å². The van der Waals surface area contributed by atoms with E-state index in [1.165, 1.54) is 10.8 Å². The number of pyridine rings is 1. The van der Waals surface area contributed by atoms with Crippen LogP contribution in [0.25, 0.3) is 0 Å². The maximum Gasteiger partial charge on any atom is 0.407 e. The van der Waals surface area contributed by atoms with Crippen LogP contribution in [0.3, 0.4) is 0 Å². The number of aryl methyl sites for hydroxylation is 2. The first-order valence-corrected chi connectivity index (χ1v) is 11.2. The second kappa shape index (κ2) is 10.7. The van der Waals surface area contributed by atoms with Crippen LogP contribution in [0.5, 0.6) is 5.88 Å². The Labute approximate surface area is 192 Å². The van der Waals surface area contributed by atoms with Gasteiger partial charge in [0, 0.05) is 18.3 Å². The van der Waals surface area contributed by atoms with E-state index < -0.39 is 6.09 Å². The third-order valence-electron chi connectivity index (χ3n) is 5.41. The molecule has 1 fully saturated rings. The van der Waals surface area contributed by atoms with Crippen molar-refractivity contribution in [3.05, 3.63) is 39.0 Å². The van der Waals surface area contributed by atoms with Gasteiger partial charge in [0.05, 0.1) is 24.5 Å². The van der Waals surface area contributed by atoms with Crippen molar-refractivity contribution in [1.82, 2.24) is 19.9 Å². The van der Waals surface area contributed by atoms with Crippen molar-refractivity contribution in [2.45, 2.75) is 52.5 Å². The number of hydrogen-bond donors (Lipinski definition) is 2. The minimum absolute atomic E-state index is 0.0878. The summed E-state index contributed by atoms with van der Waals surface area (Å²) < 4.78 is 12.2. The molecule has 1 amide bonds. The zero-order valence-electron chi connectivity index (χ0n) is 18.9. The van der Waals surface area contributed by atoms with E-state index >= 15 is 0 Å². The number of rotatable bonds is 10. The predicted octanol–water partition coefficient (Wildman–Crippen LogP) is 4.14. The molecule has 2 heterocycles. The molecule has 3 rings (SSSR count). The maximum atomic E-state index is 13.3. The van der Waals surface area contributed by atoms with Crippen molar-refractivity contribution in [2.24, 2.45) is 5.92 Å². The van der Waals surface area contributed by atoms with Gasteiger partial charge >= 0.3 is 6.09 Å². The first kappa shape index (κ1) is 23.8. The summed E-state index contributed by atoms with van der Waals surface area (Å²) in [5.74, 6) is 0.854. The van der Waals surface area contributed by atoms with Crippen LogP contribution in [-0.2, 0) is 4.74 Å². The molecule has 0 aromatic carbocycles. The van der Waals surface area contributed by atoms with Gasteiger partial charge in [-0.1, -0.05) is 24.9 Å². The Hall–Kier alpha value is -2.81. The zero-order valence-corrected chi connectivity index (χ0v) is 19.7. The summed E-state index contributed by atoms with van der Waals surface area (Å²) in [5, 5.41) is 5.95. The van der Waals surface area contributed by atoms with Gasteiger partial charge in [-0.05, 0) is 45.1 Å². The van der Waals surface area contributed by atoms with Crippen molar-refractivity contribution in [3.8, 4) is 5.88 Å². The minimum Gasteiger partial charge on any atom is -0.481 e. The van der Waals surface area contributed by atoms with E-state index in [-0.39, 0.29) is 35.1 Å². The van der Waals surface area contributed by atoms with Gasteiger partial charge in [0.15, 0.2) is 5.82 Å². The zero-order chi connectivity index (χ0) is 23.3. The van der Waals surface area contributed by atoms with Gasteiger partial charge < -0.3 is 24.7 Å². The Kier molecular flexibility index (Phi) is 7.95. The molecule has 174 valence electrons. The summed E-state index contributed by atoms with van der Waals surface area (Å²) in [7, 11) is 1.56. The lowest BCUT2D eigenvalue weighted by Gasteiger charge is -2.21. The van der Waals surface area contributed by atoms with Crippen LogP contribution >= 0.6 is 11.6 Å². The molecule has 1 saturated carbocycles. The molecule has 10 heteroatoms. The number of halogens is 1. The van der Waals surface area contributed by atoms with Crippen molar-refractivity contribution in [1.29, 1.82) is 0 Å². The van der Waals surface area contributed by atoms with Gasteiger partial charge in [-0.2, -0.15) is 0 Å². The SMILES string of the molecule is CCCCNC(=O)OC[C@H](C1CC1)n1cc(Cl)nc(Nc2cc(C)c(OC)nc2C)c1=O. The Balaban J connectivity index is 1.82. The number of methoxy groups -OCH3 is 1. The van der Waals surface area contributed by atoms with Gasteiger partial charge in [0.25, 0.3) is 5.56 Å². The van der Waals surface area contributed by atoms with Gasteiger partial charge in [-0.25, -0.2) is 14.8 Å². The van der Waals surface area contributed by atoms with Crippen LogP contribution in [0.15, 0.2) is 17.1 Å². The van der Waals surface area contributed by atoms with Gasteiger partial charge in [-0.3, -0.25) is 4.79 Å². The number of unbranched alkanes of at least 4 members (excludes halogenated alkanes) is 1. The predicted molar refractivity (Wildman–Crippen MR) is 123 cm³/mol. The summed E-state index contributed by atoms with van der Waals surface area (Å²) in [6, 6.07) is 1.53. The van der Waals surface area contributed by atoms with Crippen LogP contribution in [0, 0.1) is 19.8 Å². The monoisotopic (exact) mass is 463 g/mol. The number of carbonyl (C=O) groups excluding carboxylic acids is 1. The standard InChI is InChI=1S/C22H30ClN5O4/c1-5-6-9-24-22(30)32-12-17(15-7-8-15)28-11-18(23)27-19(21(28)29)26-16-10-13(2)20(31-4)25-14(16)3/h10-11,15,17H,5-9,12H2,1-4H3,(H,24,30)(H,26,27)/t17-/m1/s1. The molecule has 1 aliphatic rings. The highest BCUT2D eigenvalue weighted by Crippen LogP contribution is 2.39. The van der Waals surface area contributed by atoms with Crippen molar-refractivity contribution >= 4 is 29.2 Å². The second-order valence-corrected chi connectivity index (χ2v) is 8.37. The number of alkyl carbamates (subject to hydrolysis) is 1. The molecule has 32 heavy (non-hydrogen) atoms. The third-order valence-corrected chi connectivity index (χ3v) is 5.60. The number of aromatic nitrogens is 3. The Morgan fingerprint density at radius 1 is 1.34 bits per heavy atom. The van der Waals surface area contributed by atoms with Crippen LogP contribution in [0.2, 0.25) is 5.15 Å². The fourth-order valence-electron chi connectivity index (χ4n) is 3.45. The molecule has 9 nitrogen and oxygen atoms in total. The molecule has 0 aliphatic heterocycles. The highest BCUT2D eigenvalue weighted by molar-refractivity contribution is 6.29. The number of nitrogens with one attached hydrogen (secondary N) is 2. The van der Waals surface area contributed by atoms with Crippen LogP contribution in [0.4, 0.5) is 16.3 Å². The summed E-state index contributed by atoms with van der Waals surface area (Å²) in [4.78, 5) is 33.8. The number of anilines is 2. The van der Waals surface area contributed by atoms with E-state index in [1.54, 1.807) is 7.11 Å². The van der Waals surface area contributed by atoms with Gasteiger partial charge in [-0.15, -0.1) is 0 Å². The molecule has 0 radical (unpaired) electrons. The summed E-state index contributed by atoms with van der Waals surface area (Å²) in [6.07, 6.45) is 4.80. The number of hydrogen-bond acceptors (Lipinski definition) is 7. The number of amides is 1. The third kappa shape index (κ3) is 5.91. The van der Waals surface area contributed by atoms with Crippen LogP contribution < -0.4 is 20.9 Å². The van der Waals surface area contributed by atoms with E-state index in [0.717, 1.165) is 31.2 Å². The van der Waals surface area contributed by atoms with Crippen molar-refractivity contribution in [2.75, 3.05) is 25.6 Å². The van der Waals surface area contributed by atoms with E-state index in [9.17, 15) is 9.59 Å². The topological polar surface area (TPSA) is 107 Å². The van der Waals surface area contributed by atoms with E-state index in [0.29, 0.717) is 23.8 Å². The lowest BCUT2D eigenvalue weighted by Crippen LogP contribution is -2.33. The molecule has 0 unspecified atom stereocenters. The normalized spacial score (nSPS) is 14.0. The smallest absolute Gasteiger partial charge is 0.407 e. The first-order valence-electron chi connectivity index (χ1n) is 10.8. The average molecular weight is 464 g/mol. The summed E-state index contributed by atoms with van der Waals surface area (Å²) >= 11 is 6.26. The summed E-state index contributed by atoms with van der Waals surface area (Å²) in [6.45, 7) is 6.38. The van der Waals surface area contributed by atoms with Crippen molar-refractivity contribution in [3.63, 3.8) is 0 Å². The molecule has 1 aliphatic carbocycles. The molecule has 2 aromatic rings. The molecule has 0 bridgehead atoms. The fourth-order valence-corrected chi connectivity index (χ4v) is 3.64. The first-order chi connectivity index (χ1) is 15.3. The van der Waals surface area contributed by atoms with Crippen LogP contribution in [-0.4, -0.2) is 40.9 Å². The molecule has 2 N–H and O–H groups in total. The Morgan fingerprint density at radius 2 is 2.09 bits per heavy atom. The number of ether oxygens (including phenoxy) is 2. The van der Waals surface area contributed by atoms with E-state index in [4.69, 9.17) is 21.1 Å². The molecule has 0 saturated heterocycles.